The van der Waals surface area contributed by atoms with Crippen LogP contribution in [-0.4, -0.2) is 37.3 Å². The molecule has 2 fully saturated rings. The van der Waals surface area contributed by atoms with Gasteiger partial charge in [0.15, 0.2) is 0 Å². The molecule has 0 amide bonds. The summed E-state index contributed by atoms with van der Waals surface area (Å²) in [5, 5.41) is 3.57. The topological polar surface area (TPSA) is 37.4 Å². The van der Waals surface area contributed by atoms with Crippen molar-refractivity contribution in [3.05, 3.63) is 23.9 Å². The Bertz CT molecular complexity index is 427. The number of pyridine rings is 1. The zero-order valence-electron chi connectivity index (χ0n) is 12.3. The van der Waals surface area contributed by atoms with E-state index in [0.29, 0.717) is 6.10 Å². The number of rotatable bonds is 6. The van der Waals surface area contributed by atoms with Crippen LogP contribution in [0.25, 0.3) is 0 Å². The van der Waals surface area contributed by atoms with Gasteiger partial charge in [-0.2, -0.15) is 0 Å². The van der Waals surface area contributed by atoms with Gasteiger partial charge >= 0.3 is 0 Å². The van der Waals surface area contributed by atoms with Crippen molar-refractivity contribution in [2.75, 3.05) is 25.1 Å². The minimum atomic E-state index is 0.361. The summed E-state index contributed by atoms with van der Waals surface area (Å²) >= 11 is 0. The van der Waals surface area contributed by atoms with E-state index in [1.165, 1.54) is 37.7 Å². The lowest BCUT2D eigenvalue weighted by Crippen LogP contribution is -2.34. The number of hydrogen-bond acceptors (Lipinski definition) is 4. The van der Waals surface area contributed by atoms with E-state index in [1.54, 1.807) is 0 Å². The van der Waals surface area contributed by atoms with Crippen molar-refractivity contribution >= 4 is 5.82 Å². The first-order valence-electron chi connectivity index (χ1n) is 7.83. The molecule has 110 valence electrons. The fraction of sp³-hybridized carbons (Fsp3) is 0.688. The summed E-state index contributed by atoms with van der Waals surface area (Å²) in [7, 11) is 2.13. The minimum absolute atomic E-state index is 0.361. The Morgan fingerprint density at radius 2 is 2.25 bits per heavy atom. The molecule has 0 aromatic carbocycles. The van der Waals surface area contributed by atoms with Crippen LogP contribution in [0.4, 0.5) is 5.82 Å². The van der Waals surface area contributed by atoms with Gasteiger partial charge in [0.1, 0.15) is 5.82 Å². The van der Waals surface area contributed by atoms with Crippen molar-refractivity contribution in [2.45, 2.75) is 50.8 Å². The van der Waals surface area contributed by atoms with Gasteiger partial charge in [-0.05, 0) is 38.2 Å². The van der Waals surface area contributed by atoms with Crippen LogP contribution in [0.15, 0.2) is 18.3 Å². The van der Waals surface area contributed by atoms with E-state index in [-0.39, 0.29) is 0 Å². The molecular weight excluding hydrogens is 250 g/mol. The smallest absolute Gasteiger partial charge is 0.132 e. The molecule has 1 aliphatic heterocycles. The predicted molar refractivity (Wildman–Crippen MR) is 81.0 cm³/mol. The zero-order chi connectivity index (χ0) is 13.8. The Labute approximate surface area is 121 Å². The molecule has 1 aliphatic carbocycles. The first kappa shape index (κ1) is 13.8. The first-order chi connectivity index (χ1) is 9.83. The molecule has 1 aromatic rings. The van der Waals surface area contributed by atoms with E-state index in [9.17, 15) is 0 Å². The van der Waals surface area contributed by atoms with Gasteiger partial charge in [-0.15, -0.1) is 0 Å². The van der Waals surface area contributed by atoms with Crippen LogP contribution >= 0.6 is 0 Å². The second-order valence-corrected chi connectivity index (χ2v) is 6.01. The maximum Gasteiger partial charge on any atom is 0.132 e. The lowest BCUT2D eigenvalue weighted by Gasteiger charge is -2.29. The molecule has 1 atom stereocenters. The number of aromatic nitrogens is 1. The fourth-order valence-corrected chi connectivity index (χ4v) is 2.80. The average Bonchev–Trinajstić information content (AvgIpc) is 3.31. The van der Waals surface area contributed by atoms with Gasteiger partial charge < -0.3 is 15.0 Å². The Balaban J connectivity index is 1.61. The second-order valence-electron chi connectivity index (χ2n) is 6.01. The maximum atomic E-state index is 5.83. The first-order valence-corrected chi connectivity index (χ1v) is 7.83. The Hall–Kier alpha value is -1.13. The SMILES string of the molecule is CN(CC1CCCCO1)c1ncccc1CNC1CC1. The number of nitrogens with zero attached hydrogens (tertiary/aromatic N) is 2. The van der Waals surface area contributed by atoms with Crippen LogP contribution in [0.2, 0.25) is 0 Å². The van der Waals surface area contributed by atoms with Crippen LogP contribution < -0.4 is 10.2 Å². The molecule has 2 aliphatic rings. The van der Waals surface area contributed by atoms with Crippen LogP contribution in [0.1, 0.15) is 37.7 Å². The molecule has 0 spiro atoms. The molecule has 1 saturated heterocycles. The van der Waals surface area contributed by atoms with Crippen LogP contribution in [-0.2, 0) is 11.3 Å². The van der Waals surface area contributed by atoms with E-state index in [2.05, 4.69) is 28.3 Å². The van der Waals surface area contributed by atoms with Gasteiger partial charge in [0.2, 0.25) is 0 Å². The minimum Gasteiger partial charge on any atom is -0.376 e. The number of hydrogen-bond donors (Lipinski definition) is 1. The third-order valence-corrected chi connectivity index (χ3v) is 4.14. The summed E-state index contributed by atoms with van der Waals surface area (Å²) in [5.41, 5.74) is 1.29. The van der Waals surface area contributed by atoms with Crippen molar-refractivity contribution in [1.29, 1.82) is 0 Å². The Kier molecular flexibility index (Phi) is 4.53. The molecule has 1 aromatic heterocycles. The van der Waals surface area contributed by atoms with E-state index in [4.69, 9.17) is 4.74 Å². The number of nitrogens with one attached hydrogen (secondary N) is 1. The predicted octanol–water partition coefficient (Wildman–Crippen LogP) is 2.34. The fourth-order valence-electron chi connectivity index (χ4n) is 2.80. The normalized spacial score (nSPS) is 22.8. The highest BCUT2D eigenvalue weighted by atomic mass is 16.5. The monoisotopic (exact) mass is 275 g/mol. The molecule has 4 nitrogen and oxygen atoms in total. The summed E-state index contributed by atoms with van der Waals surface area (Å²) in [6, 6.07) is 4.93. The van der Waals surface area contributed by atoms with Crippen molar-refractivity contribution in [3.8, 4) is 0 Å². The van der Waals surface area contributed by atoms with Gasteiger partial charge in [0.25, 0.3) is 0 Å². The van der Waals surface area contributed by atoms with Crippen molar-refractivity contribution < 1.29 is 4.74 Å². The Morgan fingerprint density at radius 3 is 3.00 bits per heavy atom. The third kappa shape index (κ3) is 3.70. The molecule has 20 heavy (non-hydrogen) atoms. The Morgan fingerprint density at radius 1 is 1.35 bits per heavy atom. The van der Waals surface area contributed by atoms with Crippen LogP contribution in [0.5, 0.6) is 0 Å². The van der Waals surface area contributed by atoms with E-state index in [1.807, 2.05) is 12.3 Å². The molecule has 1 N–H and O–H groups in total. The van der Waals surface area contributed by atoms with Gasteiger partial charge in [-0.25, -0.2) is 4.98 Å². The lowest BCUT2D eigenvalue weighted by atomic mass is 10.1. The number of ether oxygens (including phenoxy) is 1. The van der Waals surface area contributed by atoms with Crippen LogP contribution in [0.3, 0.4) is 0 Å². The molecule has 0 radical (unpaired) electrons. The third-order valence-electron chi connectivity index (χ3n) is 4.14. The van der Waals surface area contributed by atoms with E-state index >= 15 is 0 Å². The van der Waals surface area contributed by atoms with Gasteiger partial charge in [-0.1, -0.05) is 6.07 Å². The summed E-state index contributed by atoms with van der Waals surface area (Å²) in [4.78, 5) is 6.82. The van der Waals surface area contributed by atoms with Gasteiger partial charge in [0.05, 0.1) is 6.10 Å². The molecular formula is C16H25N3O. The van der Waals surface area contributed by atoms with Crippen molar-refractivity contribution in [1.82, 2.24) is 10.3 Å². The maximum absolute atomic E-state index is 5.83. The summed E-state index contributed by atoms with van der Waals surface area (Å²) in [6.07, 6.45) is 8.56. The highest BCUT2D eigenvalue weighted by molar-refractivity contribution is 5.46. The molecule has 1 saturated carbocycles. The van der Waals surface area contributed by atoms with E-state index in [0.717, 1.165) is 31.6 Å². The number of anilines is 1. The molecule has 0 bridgehead atoms. The second kappa shape index (κ2) is 6.55. The van der Waals surface area contributed by atoms with Gasteiger partial charge in [0, 0.05) is 44.5 Å². The van der Waals surface area contributed by atoms with Gasteiger partial charge in [-0.3, -0.25) is 0 Å². The molecule has 1 unspecified atom stereocenters. The summed E-state index contributed by atoms with van der Waals surface area (Å²) < 4.78 is 5.83. The molecule has 2 heterocycles. The summed E-state index contributed by atoms with van der Waals surface area (Å²) in [5.74, 6) is 1.09. The average molecular weight is 275 g/mol. The number of likely N-dealkylation sites (N-methyl/N-ethyl adjacent to an activating group) is 1. The van der Waals surface area contributed by atoms with Crippen molar-refractivity contribution in [3.63, 3.8) is 0 Å². The molecule has 4 heteroatoms. The lowest BCUT2D eigenvalue weighted by molar-refractivity contribution is 0.0215. The largest absolute Gasteiger partial charge is 0.376 e. The highest BCUT2D eigenvalue weighted by Gasteiger charge is 2.22. The quantitative estimate of drug-likeness (QED) is 0.864. The zero-order valence-corrected chi connectivity index (χ0v) is 12.3. The van der Waals surface area contributed by atoms with Crippen molar-refractivity contribution in [2.24, 2.45) is 0 Å². The molecule has 3 rings (SSSR count). The van der Waals surface area contributed by atoms with E-state index < -0.39 is 0 Å². The van der Waals surface area contributed by atoms with Crippen LogP contribution in [0, 0.1) is 0 Å². The summed E-state index contributed by atoms with van der Waals surface area (Å²) in [6.45, 7) is 2.77. The highest BCUT2D eigenvalue weighted by Crippen LogP contribution is 2.22. The standard InChI is InChI=1S/C16H25N3O/c1-19(12-15-6-2-3-10-20-15)16-13(5-4-9-17-16)11-18-14-7-8-14/h4-5,9,14-15,18H,2-3,6-8,10-12H2,1H3.